The summed E-state index contributed by atoms with van der Waals surface area (Å²) in [5.41, 5.74) is 0. The maximum absolute atomic E-state index is 12.9. The number of aliphatic hydroxyl groups is 1. The normalized spacial score (nSPS) is 15.0. The molecule has 1 fully saturated rings. The van der Waals surface area contributed by atoms with Gasteiger partial charge < -0.3 is 14.7 Å². The number of rotatable bonds is 5. The maximum atomic E-state index is 12.9. The Balaban J connectivity index is 1.75. The van der Waals surface area contributed by atoms with Gasteiger partial charge in [-0.05, 0) is 43.7 Å². The van der Waals surface area contributed by atoms with E-state index in [1.165, 1.54) is 24.3 Å². The van der Waals surface area contributed by atoms with Gasteiger partial charge in [-0.2, -0.15) is 0 Å². The van der Waals surface area contributed by atoms with Crippen LogP contribution in [-0.4, -0.2) is 60.3 Å². The second-order valence-electron chi connectivity index (χ2n) is 6.00. The molecule has 1 heterocycles. The third-order valence-corrected chi connectivity index (χ3v) is 4.24. The van der Waals surface area contributed by atoms with E-state index in [0.717, 1.165) is 19.4 Å². The number of carbonyl (C=O) groups is 1. The third-order valence-electron chi connectivity index (χ3n) is 4.24. The lowest BCUT2D eigenvalue weighted by Gasteiger charge is -2.29. The molecule has 5 nitrogen and oxygen atoms in total. The summed E-state index contributed by atoms with van der Waals surface area (Å²) in [6.07, 6.45) is 1.23. The monoisotopic (exact) mass is 348 g/mol. The van der Waals surface area contributed by atoms with E-state index in [4.69, 9.17) is 9.84 Å². The smallest absolute Gasteiger partial charge is 0.410 e. The minimum absolute atomic E-state index is 0.143. The van der Waals surface area contributed by atoms with Crippen LogP contribution in [0.3, 0.4) is 0 Å². The number of ether oxygens (including phenoxy) is 1. The average Bonchev–Trinajstić information content (AvgIpc) is 2.63. The van der Waals surface area contributed by atoms with E-state index in [-0.39, 0.29) is 18.3 Å². The molecule has 0 unspecified atom stereocenters. The van der Waals surface area contributed by atoms with Gasteiger partial charge in [-0.1, -0.05) is 18.8 Å². The number of piperidine rings is 1. The number of hydrogen-bond acceptors (Lipinski definition) is 4. The number of amides is 1. The van der Waals surface area contributed by atoms with Crippen LogP contribution in [0.1, 0.15) is 19.8 Å². The quantitative estimate of drug-likeness (QED) is 0.830. The minimum Gasteiger partial charge on any atom is -0.410 e. The van der Waals surface area contributed by atoms with Gasteiger partial charge in [-0.15, -0.1) is 0 Å². The van der Waals surface area contributed by atoms with Crippen LogP contribution in [0.15, 0.2) is 24.3 Å². The molecule has 1 saturated heterocycles. The standard InChI is InChI=1S/C19H25FN2O3/c1-2-21(14-15-23)11-3-4-16-9-12-22(13-10-16)19(24)25-18-7-5-17(20)6-8-18/h5-8,16,23H,2,9-15H2,1H3. The fraction of sp³-hybridized carbons (Fsp3) is 0.526. The lowest BCUT2D eigenvalue weighted by Crippen LogP contribution is -2.40. The molecule has 2 rings (SSSR count). The zero-order valence-corrected chi connectivity index (χ0v) is 14.6. The van der Waals surface area contributed by atoms with Crippen LogP contribution in [0.5, 0.6) is 5.75 Å². The van der Waals surface area contributed by atoms with Gasteiger partial charge in [-0.3, -0.25) is 4.90 Å². The molecule has 0 aliphatic carbocycles. The molecule has 0 radical (unpaired) electrons. The average molecular weight is 348 g/mol. The molecular weight excluding hydrogens is 323 g/mol. The molecule has 0 atom stereocenters. The van der Waals surface area contributed by atoms with E-state index in [9.17, 15) is 9.18 Å². The Morgan fingerprint density at radius 1 is 1.36 bits per heavy atom. The van der Waals surface area contributed by atoms with Crippen LogP contribution in [0, 0.1) is 23.6 Å². The highest BCUT2D eigenvalue weighted by atomic mass is 19.1. The number of likely N-dealkylation sites (N-methyl/N-ethyl adjacent to an activating group) is 1. The zero-order valence-electron chi connectivity index (χ0n) is 14.6. The number of hydrogen-bond donors (Lipinski definition) is 1. The predicted octanol–water partition coefficient (Wildman–Crippen LogP) is 2.35. The van der Waals surface area contributed by atoms with E-state index in [1.54, 1.807) is 4.90 Å². The topological polar surface area (TPSA) is 53.0 Å². The number of carbonyl (C=O) groups excluding carboxylic acids is 1. The highest BCUT2D eigenvalue weighted by molar-refractivity contribution is 5.70. The van der Waals surface area contributed by atoms with Crippen LogP contribution >= 0.6 is 0 Å². The van der Waals surface area contributed by atoms with Gasteiger partial charge in [0.2, 0.25) is 0 Å². The largest absolute Gasteiger partial charge is 0.415 e. The van der Waals surface area contributed by atoms with Crippen molar-refractivity contribution in [3.8, 4) is 17.6 Å². The van der Waals surface area contributed by atoms with Crippen molar-refractivity contribution in [2.75, 3.05) is 39.3 Å². The number of benzene rings is 1. The van der Waals surface area contributed by atoms with Crippen molar-refractivity contribution in [3.05, 3.63) is 30.1 Å². The highest BCUT2D eigenvalue weighted by Gasteiger charge is 2.23. The molecular formula is C19H25FN2O3. The van der Waals surface area contributed by atoms with Crippen LogP contribution in [0.25, 0.3) is 0 Å². The van der Waals surface area contributed by atoms with E-state index in [1.807, 2.05) is 6.92 Å². The number of nitrogens with zero attached hydrogens (tertiary/aromatic N) is 2. The molecule has 0 spiro atoms. The lowest BCUT2D eigenvalue weighted by molar-refractivity contribution is 0.137. The van der Waals surface area contributed by atoms with Crippen LogP contribution in [0.2, 0.25) is 0 Å². The maximum Gasteiger partial charge on any atom is 0.415 e. The van der Waals surface area contributed by atoms with Gasteiger partial charge in [0.15, 0.2) is 0 Å². The molecule has 0 saturated carbocycles. The predicted molar refractivity (Wildman–Crippen MR) is 93.7 cm³/mol. The van der Waals surface area contributed by atoms with Crippen LogP contribution in [0.4, 0.5) is 9.18 Å². The zero-order chi connectivity index (χ0) is 18.1. The summed E-state index contributed by atoms with van der Waals surface area (Å²) in [5.74, 6) is 6.70. The van der Waals surface area contributed by atoms with Gasteiger partial charge in [-0.25, -0.2) is 9.18 Å². The Kier molecular flexibility index (Phi) is 7.71. The van der Waals surface area contributed by atoms with E-state index in [0.29, 0.717) is 31.9 Å². The molecule has 1 aromatic carbocycles. The molecule has 1 aliphatic rings. The van der Waals surface area contributed by atoms with Crippen molar-refractivity contribution < 1.29 is 19.0 Å². The summed E-state index contributed by atoms with van der Waals surface area (Å²) < 4.78 is 18.1. The Bertz CT molecular complexity index is 601. The Labute approximate surface area is 148 Å². The molecule has 1 aromatic rings. The number of halogens is 1. The number of likely N-dealkylation sites (tertiary alicyclic amines) is 1. The van der Waals surface area contributed by atoms with Crippen molar-refractivity contribution in [3.63, 3.8) is 0 Å². The van der Waals surface area contributed by atoms with Crippen LogP contribution in [-0.2, 0) is 0 Å². The first-order valence-corrected chi connectivity index (χ1v) is 8.66. The molecule has 6 heteroatoms. The van der Waals surface area contributed by atoms with Crippen molar-refractivity contribution in [2.45, 2.75) is 19.8 Å². The fourth-order valence-corrected chi connectivity index (χ4v) is 2.67. The Hall–Kier alpha value is -2.10. The van der Waals surface area contributed by atoms with Crippen molar-refractivity contribution in [1.29, 1.82) is 0 Å². The molecule has 0 aromatic heterocycles. The lowest BCUT2D eigenvalue weighted by atomic mass is 9.98. The first-order chi connectivity index (χ1) is 12.1. The molecule has 1 amide bonds. The summed E-state index contributed by atoms with van der Waals surface area (Å²) in [5, 5.41) is 8.96. The fourth-order valence-electron chi connectivity index (χ4n) is 2.67. The van der Waals surface area contributed by atoms with Crippen molar-refractivity contribution in [2.24, 2.45) is 5.92 Å². The Morgan fingerprint density at radius 2 is 2.04 bits per heavy atom. The summed E-state index contributed by atoms with van der Waals surface area (Å²) >= 11 is 0. The molecule has 25 heavy (non-hydrogen) atoms. The Morgan fingerprint density at radius 3 is 2.64 bits per heavy atom. The van der Waals surface area contributed by atoms with Gasteiger partial charge in [0.25, 0.3) is 0 Å². The first kappa shape index (κ1) is 19.2. The van der Waals surface area contributed by atoms with Gasteiger partial charge in [0, 0.05) is 25.6 Å². The molecule has 0 bridgehead atoms. The second-order valence-corrected chi connectivity index (χ2v) is 6.00. The summed E-state index contributed by atoms with van der Waals surface area (Å²) in [6, 6.07) is 5.41. The van der Waals surface area contributed by atoms with Crippen LogP contribution < -0.4 is 4.74 Å². The van der Waals surface area contributed by atoms with Gasteiger partial charge in [0.05, 0.1) is 13.2 Å². The molecule has 1 N–H and O–H groups in total. The molecule has 136 valence electrons. The summed E-state index contributed by atoms with van der Waals surface area (Å²) in [4.78, 5) is 15.9. The van der Waals surface area contributed by atoms with E-state index in [2.05, 4.69) is 16.7 Å². The van der Waals surface area contributed by atoms with Gasteiger partial charge >= 0.3 is 6.09 Å². The van der Waals surface area contributed by atoms with E-state index < -0.39 is 6.09 Å². The SMILES string of the molecule is CCN(CC#CC1CCN(C(=O)Oc2ccc(F)cc2)CC1)CCO. The van der Waals surface area contributed by atoms with Gasteiger partial charge in [0.1, 0.15) is 11.6 Å². The van der Waals surface area contributed by atoms with Crippen molar-refractivity contribution in [1.82, 2.24) is 9.80 Å². The summed E-state index contributed by atoms with van der Waals surface area (Å²) in [7, 11) is 0. The second kappa shape index (κ2) is 10.0. The minimum atomic E-state index is -0.405. The first-order valence-electron chi connectivity index (χ1n) is 8.66. The highest BCUT2D eigenvalue weighted by Crippen LogP contribution is 2.18. The summed E-state index contributed by atoms with van der Waals surface area (Å²) in [6.45, 7) is 5.55. The van der Waals surface area contributed by atoms with E-state index >= 15 is 0 Å². The van der Waals surface area contributed by atoms with Crippen molar-refractivity contribution >= 4 is 6.09 Å². The number of aliphatic hydroxyl groups excluding tert-OH is 1. The third kappa shape index (κ3) is 6.37. The molecule has 1 aliphatic heterocycles.